The van der Waals surface area contributed by atoms with Crippen molar-refractivity contribution in [3.63, 3.8) is 0 Å². The van der Waals surface area contributed by atoms with Crippen LogP contribution >= 0.6 is 0 Å². The van der Waals surface area contributed by atoms with Crippen LogP contribution in [0.15, 0.2) is 24.5 Å². The molecule has 0 unspecified atom stereocenters. The largest absolute Gasteiger partial charge is 0.476 e. The van der Waals surface area contributed by atoms with Crippen molar-refractivity contribution in [2.45, 2.75) is 13.5 Å². The second kappa shape index (κ2) is 8.52. The molecule has 1 radical (unpaired) electrons. The van der Waals surface area contributed by atoms with Crippen molar-refractivity contribution >= 4 is 47.3 Å². The molecule has 0 atom stereocenters. The number of hydrogen-bond donors (Lipinski definition) is 2. The van der Waals surface area contributed by atoms with Crippen molar-refractivity contribution in [2.24, 2.45) is 0 Å². The molecule has 0 aliphatic heterocycles. The summed E-state index contributed by atoms with van der Waals surface area (Å²) in [7, 11) is 0. The number of imidazole rings is 1. The summed E-state index contributed by atoms with van der Waals surface area (Å²) in [6, 6.07) is 2.79. The van der Waals surface area contributed by atoms with E-state index in [-0.39, 0.29) is 59.7 Å². The molecule has 2 aromatic rings. The average Bonchev–Trinajstić information content (AvgIpc) is 2.88. The molecule has 1 amide bonds. The fraction of sp³-hybridized carbons (Fsp3) is 0.231. The van der Waals surface area contributed by atoms with Crippen LogP contribution in [0.5, 0.6) is 0 Å². The van der Waals surface area contributed by atoms with Crippen molar-refractivity contribution in [3.05, 3.63) is 51.7 Å². The third-order valence-electron chi connectivity index (χ3n) is 3.10. The van der Waals surface area contributed by atoms with E-state index in [0.717, 1.165) is 6.20 Å². The molecule has 0 saturated carbocycles. The molecular weight excluding hydrogens is 329 g/mol. The summed E-state index contributed by atoms with van der Waals surface area (Å²) in [5, 5.41) is 22.4. The maximum Gasteiger partial charge on any atom is 0.355 e. The minimum atomic E-state index is -1.31. The van der Waals surface area contributed by atoms with Crippen LogP contribution in [0.4, 0.5) is 5.82 Å². The van der Waals surface area contributed by atoms with E-state index >= 15 is 0 Å². The molecule has 121 valence electrons. The summed E-state index contributed by atoms with van der Waals surface area (Å²) in [6.07, 6.45) is 2.42. The predicted octanol–water partition coefficient (Wildman–Crippen LogP) is 0.242. The van der Waals surface area contributed by atoms with Gasteiger partial charge in [-0.25, -0.2) is 19.3 Å². The number of nitrogens with zero attached hydrogens (tertiary/aromatic N) is 4. The Morgan fingerprint density at radius 1 is 1.42 bits per heavy atom. The molecule has 11 heteroatoms. The zero-order valence-electron chi connectivity index (χ0n) is 13.1. The van der Waals surface area contributed by atoms with Crippen LogP contribution in [-0.4, -0.2) is 72.5 Å². The molecule has 2 aromatic heterocycles. The normalized spacial score (nSPS) is 9.88. The van der Waals surface area contributed by atoms with E-state index in [9.17, 15) is 19.7 Å². The maximum absolute atomic E-state index is 12.0. The van der Waals surface area contributed by atoms with Gasteiger partial charge in [0.25, 0.3) is 5.91 Å². The van der Waals surface area contributed by atoms with Crippen molar-refractivity contribution in [3.8, 4) is 0 Å². The number of pyridine rings is 1. The quantitative estimate of drug-likeness (QED) is 0.435. The fourth-order valence-electron chi connectivity index (χ4n) is 2.01. The molecular formula is C13H13N5NaO5. The Labute approximate surface area is 158 Å². The Kier molecular flexibility index (Phi) is 7.01. The van der Waals surface area contributed by atoms with Crippen LogP contribution in [-0.2, 0) is 6.54 Å². The second-order valence-electron chi connectivity index (χ2n) is 4.53. The number of nitrogens with one attached hydrogen (secondary N) is 1. The minimum Gasteiger partial charge on any atom is -0.476 e. The summed E-state index contributed by atoms with van der Waals surface area (Å²) in [4.78, 5) is 40.8. The van der Waals surface area contributed by atoms with E-state index in [1.54, 1.807) is 6.92 Å². The Balaban J connectivity index is 0.00000288. The first-order valence-corrected chi connectivity index (χ1v) is 6.55. The number of carboxylic acid groups (broad SMARTS) is 1. The number of carbonyl (C=O) groups excluding carboxylic acids is 1. The third kappa shape index (κ3) is 4.37. The number of nitro groups is 1. The van der Waals surface area contributed by atoms with E-state index in [4.69, 9.17) is 5.11 Å². The number of aryl methyl sites for hydroxylation is 1. The molecule has 24 heavy (non-hydrogen) atoms. The number of carboxylic acids is 1. The first-order chi connectivity index (χ1) is 10.9. The van der Waals surface area contributed by atoms with Crippen LogP contribution < -0.4 is 5.32 Å². The van der Waals surface area contributed by atoms with Gasteiger partial charge in [-0.3, -0.25) is 4.79 Å². The van der Waals surface area contributed by atoms with Gasteiger partial charge in [0.15, 0.2) is 11.5 Å². The van der Waals surface area contributed by atoms with Crippen molar-refractivity contribution in [2.75, 3.05) is 6.54 Å². The van der Waals surface area contributed by atoms with E-state index < -0.39 is 16.8 Å². The molecule has 0 spiro atoms. The summed E-state index contributed by atoms with van der Waals surface area (Å²) in [6.45, 7) is 1.82. The summed E-state index contributed by atoms with van der Waals surface area (Å²) < 4.78 is 1.35. The number of aromatic nitrogens is 3. The summed E-state index contributed by atoms with van der Waals surface area (Å²) in [5.41, 5.74) is -0.424. The van der Waals surface area contributed by atoms with E-state index in [0.29, 0.717) is 5.82 Å². The molecule has 0 aliphatic carbocycles. The predicted molar refractivity (Wildman–Crippen MR) is 82.9 cm³/mol. The smallest absolute Gasteiger partial charge is 0.355 e. The molecule has 0 aliphatic rings. The first-order valence-electron chi connectivity index (χ1n) is 6.55. The fourth-order valence-corrected chi connectivity index (χ4v) is 2.01. The number of hydrogen-bond acceptors (Lipinski definition) is 6. The van der Waals surface area contributed by atoms with Crippen LogP contribution in [0.25, 0.3) is 0 Å². The monoisotopic (exact) mass is 342 g/mol. The Hall–Kier alpha value is -2.30. The van der Waals surface area contributed by atoms with Gasteiger partial charge >= 0.3 is 11.8 Å². The molecule has 0 aromatic carbocycles. The molecule has 2 heterocycles. The van der Waals surface area contributed by atoms with Crippen LogP contribution in [0.3, 0.4) is 0 Å². The van der Waals surface area contributed by atoms with E-state index in [1.165, 1.54) is 22.9 Å². The number of carbonyl (C=O) groups is 2. The number of aromatic carboxylic acids is 1. The summed E-state index contributed by atoms with van der Waals surface area (Å²) in [5.74, 6) is -1.66. The molecule has 10 nitrogen and oxygen atoms in total. The minimum absolute atomic E-state index is 0. The van der Waals surface area contributed by atoms with Crippen LogP contribution in [0.2, 0.25) is 0 Å². The average molecular weight is 342 g/mol. The van der Waals surface area contributed by atoms with Gasteiger partial charge in [0.05, 0.1) is 12.1 Å². The van der Waals surface area contributed by atoms with Crippen LogP contribution in [0.1, 0.15) is 26.7 Å². The van der Waals surface area contributed by atoms with Gasteiger partial charge in [0.1, 0.15) is 12.7 Å². The van der Waals surface area contributed by atoms with E-state index in [1.807, 2.05) is 0 Å². The maximum atomic E-state index is 12.0. The zero-order chi connectivity index (χ0) is 17.0. The number of amides is 1. The van der Waals surface area contributed by atoms with Crippen molar-refractivity contribution < 1.29 is 19.6 Å². The molecule has 0 saturated heterocycles. The van der Waals surface area contributed by atoms with Crippen molar-refractivity contribution in [1.29, 1.82) is 0 Å². The Bertz CT molecular complexity index is 776. The van der Waals surface area contributed by atoms with E-state index in [2.05, 4.69) is 15.3 Å². The molecule has 2 rings (SSSR count). The van der Waals surface area contributed by atoms with Crippen LogP contribution in [0, 0.1) is 17.0 Å². The Morgan fingerprint density at radius 3 is 2.75 bits per heavy atom. The second-order valence-corrected chi connectivity index (χ2v) is 4.53. The van der Waals surface area contributed by atoms with Gasteiger partial charge in [-0.2, -0.15) is 0 Å². The standard InChI is InChI=1S/C13H13N5O5.Na/c1-8-16-7-10(18(22)23)17(8)6-5-15-12(19)9-3-2-4-14-11(9)13(20)21;/h2-4,7H,5-6H2,1H3,(H,15,19)(H,20,21);. The van der Waals surface area contributed by atoms with Gasteiger partial charge in [0.2, 0.25) is 0 Å². The topological polar surface area (TPSA) is 140 Å². The van der Waals surface area contributed by atoms with Gasteiger partial charge in [-0.05, 0) is 17.1 Å². The van der Waals surface area contributed by atoms with Gasteiger partial charge in [0, 0.05) is 42.7 Å². The first kappa shape index (κ1) is 19.7. The third-order valence-corrected chi connectivity index (χ3v) is 3.10. The zero-order valence-corrected chi connectivity index (χ0v) is 15.1. The van der Waals surface area contributed by atoms with Gasteiger partial charge in [-0.1, -0.05) is 0 Å². The number of rotatable bonds is 6. The molecule has 0 fully saturated rings. The molecule has 2 N–H and O–H groups in total. The summed E-state index contributed by atoms with van der Waals surface area (Å²) >= 11 is 0. The SMILES string of the molecule is Cc1ncc([N+](=O)[O-])n1CCNC(=O)c1cccnc1C(=O)O.[Na]. The Morgan fingerprint density at radius 2 is 2.12 bits per heavy atom. The molecule has 0 bridgehead atoms. The van der Waals surface area contributed by atoms with Gasteiger partial charge < -0.3 is 20.5 Å². The van der Waals surface area contributed by atoms with Gasteiger partial charge in [-0.15, -0.1) is 0 Å². The van der Waals surface area contributed by atoms with Crippen molar-refractivity contribution in [1.82, 2.24) is 19.9 Å².